The van der Waals surface area contributed by atoms with Gasteiger partial charge in [-0.25, -0.2) is 0 Å². The van der Waals surface area contributed by atoms with Crippen molar-refractivity contribution in [3.63, 3.8) is 0 Å². The number of fused-ring (bicyclic) bond motifs is 2. The van der Waals surface area contributed by atoms with Gasteiger partial charge in [0.15, 0.2) is 0 Å². The van der Waals surface area contributed by atoms with Crippen molar-refractivity contribution in [3.8, 4) is 11.1 Å². The summed E-state index contributed by atoms with van der Waals surface area (Å²) in [6, 6.07) is 23.7. The zero-order valence-corrected chi connectivity index (χ0v) is 20.2. The first-order valence-electron chi connectivity index (χ1n) is 9.02. The predicted molar refractivity (Wildman–Crippen MR) is 134 cm³/mol. The maximum absolute atomic E-state index is 6.18. The first kappa shape index (κ1) is 21.3. The minimum atomic E-state index is 0.685. The molecule has 0 N–H and O–H groups in total. The summed E-state index contributed by atoms with van der Waals surface area (Å²) < 4.78 is 2.09. The van der Waals surface area contributed by atoms with Crippen LogP contribution < -0.4 is 0 Å². The Morgan fingerprint density at radius 2 is 1.23 bits per heavy atom. The Bertz CT molecular complexity index is 1310. The molecule has 3 aromatic carbocycles. The van der Waals surface area contributed by atoms with Gasteiger partial charge in [-0.3, -0.25) is 9.97 Å². The first-order chi connectivity index (χ1) is 14.5. The summed E-state index contributed by atoms with van der Waals surface area (Å²) in [5.74, 6) is 0. The van der Waals surface area contributed by atoms with E-state index in [1.54, 1.807) is 12.4 Å². The SMILES string of the molecule is Clc1cccc2c(-c3cccc(Br)c3)ccnc12.Clc1cccc2c(Br)ccnc12. The van der Waals surface area contributed by atoms with Crippen molar-refractivity contribution in [2.45, 2.75) is 0 Å². The van der Waals surface area contributed by atoms with Crippen molar-refractivity contribution in [3.05, 3.63) is 104 Å². The number of hydrogen-bond acceptors (Lipinski definition) is 2. The summed E-state index contributed by atoms with van der Waals surface area (Å²) in [4.78, 5) is 8.53. The van der Waals surface area contributed by atoms with E-state index in [1.165, 1.54) is 0 Å². The van der Waals surface area contributed by atoms with Crippen molar-refractivity contribution < 1.29 is 0 Å². The standard InChI is InChI=1S/C15H9BrClN.C9H5BrClN/c16-11-4-1-3-10(9-11)12-7-8-18-15-13(12)5-2-6-14(15)17;10-7-4-5-12-9-6(7)2-1-3-8(9)11/h1-9H;1-5H. The van der Waals surface area contributed by atoms with Crippen LogP contribution in [-0.4, -0.2) is 9.97 Å². The molecule has 0 aliphatic carbocycles. The number of rotatable bonds is 1. The minimum absolute atomic E-state index is 0.685. The van der Waals surface area contributed by atoms with Crippen molar-refractivity contribution in [1.29, 1.82) is 0 Å². The van der Waals surface area contributed by atoms with Gasteiger partial charge in [-0.2, -0.15) is 0 Å². The Morgan fingerprint density at radius 3 is 1.90 bits per heavy atom. The van der Waals surface area contributed by atoms with E-state index >= 15 is 0 Å². The van der Waals surface area contributed by atoms with Gasteiger partial charge in [-0.1, -0.05) is 91.5 Å². The third-order valence-corrected chi connectivity index (χ3v) is 6.32. The van der Waals surface area contributed by atoms with Crippen LogP contribution in [0.25, 0.3) is 32.9 Å². The lowest BCUT2D eigenvalue weighted by atomic mass is 10.0. The molecule has 5 aromatic rings. The van der Waals surface area contributed by atoms with Gasteiger partial charge in [0.25, 0.3) is 0 Å². The third kappa shape index (κ3) is 4.52. The molecule has 0 unspecified atom stereocenters. The Balaban J connectivity index is 0.000000158. The van der Waals surface area contributed by atoms with Gasteiger partial charge in [-0.05, 0) is 47.5 Å². The maximum atomic E-state index is 6.18. The fourth-order valence-corrected chi connectivity index (χ4v) is 4.44. The molecule has 0 atom stereocenters. The Labute approximate surface area is 201 Å². The van der Waals surface area contributed by atoms with Crippen LogP contribution >= 0.6 is 55.1 Å². The molecule has 0 radical (unpaired) electrons. The number of hydrogen-bond donors (Lipinski definition) is 0. The molecule has 6 heteroatoms. The van der Waals surface area contributed by atoms with Crippen molar-refractivity contribution in [2.75, 3.05) is 0 Å². The van der Waals surface area contributed by atoms with Crippen LogP contribution in [-0.2, 0) is 0 Å². The largest absolute Gasteiger partial charge is 0.255 e. The average Bonchev–Trinajstić information content (AvgIpc) is 2.75. The van der Waals surface area contributed by atoms with Gasteiger partial charge >= 0.3 is 0 Å². The lowest BCUT2D eigenvalue weighted by molar-refractivity contribution is 1.40. The monoisotopic (exact) mass is 558 g/mol. The average molecular weight is 561 g/mol. The van der Waals surface area contributed by atoms with Crippen molar-refractivity contribution >= 4 is 76.9 Å². The zero-order chi connectivity index (χ0) is 21.1. The van der Waals surface area contributed by atoms with E-state index in [-0.39, 0.29) is 0 Å². The lowest BCUT2D eigenvalue weighted by Crippen LogP contribution is -1.85. The van der Waals surface area contributed by atoms with Crippen LogP contribution in [0.2, 0.25) is 10.0 Å². The molecule has 0 fully saturated rings. The molecular formula is C24H14Br2Cl2N2. The summed E-state index contributed by atoms with van der Waals surface area (Å²) in [6.07, 6.45) is 3.53. The zero-order valence-electron chi connectivity index (χ0n) is 15.5. The van der Waals surface area contributed by atoms with E-state index in [0.717, 1.165) is 41.9 Å². The van der Waals surface area contributed by atoms with Crippen molar-refractivity contribution in [2.24, 2.45) is 0 Å². The van der Waals surface area contributed by atoms with Gasteiger partial charge in [0.2, 0.25) is 0 Å². The molecule has 2 aromatic heterocycles. The number of halogens is 4. The van der Waals surface area contributed by atoms with Crippen LogP contribution in [0.15, 0.2) is 94.1 Å². The van der Waals surface area contributed by atoms with Gasteiger partial charge in [0.1, 0.15) is 0 Å². The number of para-hydroxylation sites is 2. The number of benzene rings is 3. The normalized spacial score (nSPS) is 10.7. The summed E-state index contributed by atoms with van der Waals surface area (Å²) >= 11 is 19.1. The van der Waals surface area contributed by atoms with Gasteiger partial charge in [-0.15, -0.1) is 0 Å². The summed E-state index contributed by atoms with van der Waals surface area (Å²) in [6.45, 7) is 0. The molecule has 0 aliphatic rings. The molecule has 5 rings (SSSR count). The topological polar surface area (TPSA) is 25.8 Å². The van der Waals surface area contributed by atoms with Crippen LogP contribution in [0.5, 0.6) is 0 Å². The van der Waals surface area contributed by atoms with Crippen LogP contribution in [0, 0.1) is 0 Å². The van der Waals surface area contributed by atoms with E-state index in [0.29, 0.717) is 10.0 Å². The summed E-state index contributed by atoms with van der Waals surface area (Å²) in [5, 5.41) is 3.49. The lowest BCUT2D eigenvalue weighted by Gasteiger charge is -2.07. The highest BCUT2D eigenvalue weighted by Gasteiger charge is 2.07. The third-order valence-electron chi connectivity index (χ3n) is 4.53. The van der Waals surface area contributed by atoms with Gasteiger partial charge < -0.3 is 0 Å². The molecule has 0 bridgehead atoms. The molecule has 2 heterocycles. The van der Waals surface area contributed by atoms with Gasteiger partial charge in [0.05, 0.1) is 21.1 Å². The van der Waals surface area contributed by atoms with Crippen LogP contribution in [0.3, 0.4) is 0 Å². The van der Waals surface area contributed by atoms with E-state index in [2.05, 4.69) is 54.0 Å². The van der Waals surface area contributed by atoms with Crippen LogP contribution in [0.4, 0.5) is 0 Å². The first-order valence-corrected chi connectivity index (χ1v) is 11.4. The molecule has 0 saturated carbocycles. The predicted octanol–water partition coefficient (Wildman–Crippen LogP) is 8.97. The Kier molecular flexibility index (Phi) is 6.69. The highest BCUT2D eigenvalue weighted by Crippen LogP contribution is 2.32. The number of nitrogens with zero attached hydrogens (tertiary/aromatic N) is 2. The molecule has 0 amide bonds. The molecule has 0 spiro atoms. The van der Waals surface area contributed by atoms with Crippen molar-refractivity contribution in [1.82, 2.24) is 9.97 Å². The Morgan fingerprint density at radius 1 is 0.633 bits per heavy atom. The minimum Gasteiger partial charge on any atom is -0.255 e. The molecule has 2 nitrogen and oxygen atoms in total. The number of pyridine rings is 2. The fourth-order valence-electron chi connectivity index (χ4n) is 3.15. The Hall–Kier alpha value is -1.98. The molecule has 30 heavy (non-hydrogen) atoms. The second kappa shape index (κ2) is 9.44. The highest BCUT2D eigenvalue weighted by molar-refractivity contribution is 9.11. The maximum Gasteiger partial charge on any atom is 0.0899 e. The molecule has 0 aliphatic heterocycles. The van der Waals surface area contributed by atoms with E-state index < -0.39 is 0 Å². The highest BCUT2D eigenvalue weighted by atomic mass is 79.9. The fraction of sp³-hybridized carbons (Fsp3) is 0. The van der Waals surface area contributed by atoms with E-state index in [4.69, 9.17) is 23.2 Å². The van der Waals surface area contributed by atoms with Crippen LogP contribution in [0.1, 0.15) is 0 Å². The van der Waals surface area contributed by atoms with E-state index in [1.807, 2.05) is 60.7 Å². The van der Waals surface area contributed by atoms with E-state index in [9.17, 15) is 0 Å². The smallest absolute Gasteiger partial charge is 0.0899 e. The summed E-state index contributed by atoms with van der Waals surface area (Å²) in [7, 11) is 0. The molecule has 0 saturated heterocycles. The molecular weight excluding hydrogens is 547 g/mol. The molecule has 148 valence electrons. The van der Waals surface area contributed by atoms with Gasteiger partial charge in [0, 0.05) is 32.1 Å². The quantitative estimate of drug-likeness (QED) is 0.204. The summed E-state index contributed by atoms with van der Waals surface area (Å²) in [5.41, 5.74) is 3.98. The number of aromatic nitrogens is 2. The second-order valence-electron chi connectivity index (χ2n) is 6.43. The second-order valence-corrected chi connectivity index (χ2v) is 9.02.